The fourth-order valence-electron chi connectivity index (χ4n) is 2.51. The number of H-pyrrole nitrogens is 1. The van der Waals surface area contributed by atoms with Crippen molar-refractivity contribution in [1.82, 2.24) is 21.2 Å². The van der Waals surface area contributed by atoms with E-state index in [-0.39, 0.29) is 5.91 Å². The quantitative estimate of drug-likeness (QED) is 0.540. The Balaban J connectivity index is 1.59. The highest BCUT2D eigenvalue weighted by Crippen LogP contribution is 2.17. The Morgan fingerprint density at radius 2 is 1.62 bits per heavy atom. The highest BCUT2D eigenvalue weighted by atomic mass is 16.2. The van der Waals surface area contributed by atoms with Crippen LogP contribution in [0.2, 0.25) is 0 Å². The first-order valence-electron chi connectivity index (χ1n) is 8.05. The van der Waals surface area contributed by atoms with Gasteiger partial charge in [0.2, 0.25) is 5.91 Å². The number of para-hydroxylation sites is 1. The molecule has 4 N–H and O–H groups in total. The van der Waals surface area contributed by atoms with E-state index in [0.717, 1.165) is 16.5 Å². The lowest BCUT2D eigenvalue weighted by molar-refractivity contribution is -0.119. The number of carbonyl (C=O) groups excluding carboxylic acids is 3. The van der Waals surface area contributed by atoms with Crippen molar-refractivity contribution >= 4 is 28.6 Å². The summed E-state index contributed by atoms with van der Waals surface area (Å²) in [5.41, 5.74) is 7.38. The predicted octanol–water partition coefficient (Wildman–Crippen LogP) is 1.88. The van der Waals surface area contributed by atoms with Gasteiger partial charge in [-0.05, 0) is 23.8 Å². The summed E-state index contributed by atoms with van der Waals surface area (Å²) in [7, 11) is 0. The van der Waals surface area contributed by atoms with Crippen molar-refractivity contribution in [1.29, 1.82) is 0 Å². The Hall–Kier alpha value is -3.61. The van der Waals surface area contributed by atoms with Gasteiger partial charge in [-0.1, -0.05) is 30.3 Å². The Morgan fingerprint density at radius 3 is 2.35 bits per heavy atom. The molecule has 0 aliphatic rings. The van der Waals surface area contributed by atoms with E-state index >= 15 is 0 Å². The molecule has 3 aromatic rings. The van der Waals surface area contributed by atoms with E-state index in [4.69, 9.17) is 0 Å². The van der Waals surface area contributed by atoms with Gasteiger partial charge < -0.3 is 10.3 Å². The Kier molecular flexibility index (Phi) is 4.98. The first-order chi connectivity index (χ1) is 12.5. The second-order valence-corrected chi connectivity index (χ2v) is 5.76. The molecular formula is C19H18N4O3. The maximum absolute atomic E-state index is 12.3. The van der Waals surface area contributed by atoms with E-state index in [9.17, 15) is 14.4 Å². The van der Waals surface area contributed by atoms with Gasteiger partial charge in [0.05, 0.1) is 5.56 Å². The molecule has 7 nitrogen and oxygen atoms in total. The fraction of sp³-hybridized carbons (Fsp3) is 0.105. The lowest BCUT2D eigenvalue weighted by Gasteiger charge is -2.08. The normalized spacial score (nSPS) is 10.3. The smallest absolute Gasteiger partial charge is 0.271 e. The average Bonchev–Trinajstić information content (AvgIpc) is 3.09. The van der Waals surface area contributed by atoms with Crippen molar-refractivity contribution in [3.8, 4) is 0 Å². The predicted molar refractivity (Wildman–Crippen MR) is 97.2 cm³/mol. The van der Waals surface area contributed by atoms with Gasteiger partial charge in [0.25, 0.3) is 11.8 Å². The molecule has 0 aliphatic carbocycles. The molecule has 0 saturated carbocycles. The zero-order valence-corrected chi connectivity index (χ0v) is 14.1. The molecule has 26 heavy (non-hydrogen) atoms. The lowest BCUT2D eigenvalue weighted by atomic mass is 10.1. The minimum Gasteiger partial charge on any atom is -0.360 e. The molecule has 0 unspecified atom stereocenters. The van der Waals surface area contributed by atoms with Gasteiger partial charge in [-0.25, -0.2) is 0 Å². The van der Waals surface area contributed by atoms with Gasteiger partial charge >= 0.3 is 0 Å². The molecule has 2 aromatic carbocycles. The fourth-order valence-corrected chi connectivity index (χ4v) is 2.51. The van der Waals surface area contributed by atoms with Crippen molar-refractivity contribution in [2.45, 2.75) is 13.5 Å². The Bertz CT molecular complexity index is 960. The molecule has 0 fully saturated rings. The third kappa shape index (κ3) is 3.89. The average molecular weight is 350 g/mol. The Labute approximate surface area is 149 Å². The van der Waals surface area contributed by atoms with Crippen LogP contribution in [0.1, 0.15) is 33.2 Å². The van der Waals surface area contributed by atoms with Crippen LogP contribution in [0.3, 0.4) is 0 Å². The third-order valence-corrected chi connectivity index (χ3v) is 3.88. The highest BCUT2D eigenvalue weighted by Gasteiger charge is 2.13. The minimum atomic E-state index is -0.427. The maximum atomic E-state index is 12.3. The maximum Gasteiger partial charge on any atom is 0.271 e. The first kappa shape index (κ1) is 17.2. The molecule has 1 heterocycles. The van der Waals surface area contributed by atoms with Gasteiger partial charge in [0.1, 0.15) is 0 Å². The number of rotatable bonds is 4. The van der Waals surface area contributed by atoms with Gasteiger partial charge in [0.15, 0.2) is 0 Å². The number of aromatic amines is 1. The van der Waals surface area contributed by atoms with E-state index in [2.05, 4.69) is 21.2 Å². The monoisotopic (exact) mass is 350 g/mol. The van der Waals surface area contributed by atoms with Crippen LogP contribution in [-0.2, 0) is 11.3 Å². The standard InChI is InChI=1S/C19H18N4O3/c1-12(24)20-10-13-6-8-14(9-7-13)18(25)22-23-19(26)16-11-21-17-5-3-2-4-15(16)17/h2-9,11,21H,10H2,1H3,(H,20,24)(H,22,25)(H,23,26). The summed E-state index contributed by atoms with van der Waals surface area (Å²) in [6, 6.07) is 14.2. The van der Waals surface area contributed by atoms with E-state index in [0.29, 0.717) is 17.7 Å². The number of carbonyl (C=O) groups is 3. The number of fused-ring (bicyclic) bond motifs is 1. The Morgan fingerprint density at radius 1 is 0.923 bits per heavy atom. The van der Waals surface area contributed by atoms with E-state index in [1.807, 2.05) is 24.3 Å². The molecule has 0 radical (unpaired) electrons. The van der Waals surface area contributed by atoms with Crippen LogP contribution in [-0.4, -0.2) is 22.7 Å². The minimum absolute atomic E-state index is 0.119. The molecule has 3 rings (SSSR count). The van der Waals surface area contributed by atoms with Crippen LogP contribution in [0.5, 0.6) is 0 Å². The molecule has 7 heteroatoms. The molecule has 0 aliphatic heterocycles. The van der Waals surface area contributed by atoms with Crippen LogP contribution in [0.25, 0.3) is 10.9 Å². The van der Waals surface area contributed by atoms with Crippen LogP contribution in [0, 0.1) is 0 Å². The molecule has 132 valence electrons. The number of hydrazine groups is 1. The molecule has 0 atom stereocenters. The summed E-state index contributed by atoms with van der Waals surface area (Å²) in [5, 5.41) is 3.46. The number of nitrogens with one attached hydrogen (secondary N) is 4. The van der Waals surface area contributed by atoms with Crippen molar-refractivity contribution in [3.05, 3.63) is 71.4 Å². The van der Waals surface area contributed by atoms with E-state index < -0.39 is 11.8 Å². The van der Waals surface area contributed by atoms with Crippen LogP contribution in [0.15, 0.2) is 54.7 Å². The molecule has 0 spiro atoms. The lowest BCUT2D eigenvalue weighted by Crippen LogP contribution is -2.41. The summed E-state index contributed by atoms with van der Waals surface area (Å²) in [6.07, 6.45) is 1.60. The number of amides is 3. The van der Waals surface area contributed by atoms with Crippen LogP contribution < -0.4 is 16.2 Å². The van der Waals surface area contributed by atoms with Gasteiger partial charge in [0, 0.05) is 36.1 Å². The van der Waals surface area contributed by atoms with Crippen molar-refractivity contribution in [2.75, 3.05) is 0 Å². The number of aromatic nitrogens is 1. The molecule has 1 aromatic heterocycles. The van der Waals surface area contributed by atoms with Gasteiger partial charge in [-0.2, -0.15) is 0 Å². The van der Waals surface area contributed by atoms with Gasteiger partial charge in [-0.15, -0.1) is 0 Å². The molecule has 0 bridgehead atoms. The van der Waals surface area contributed by atoms with Crippen molar-refractivity contribution in [3.63, 3.8) is 0 Å². The van der Waals surface area contributed by atoms with E-state index in [1.165, 1.54) is 6.92 Å². The summed E-state index contributed by atoms with van der Waals surface area (Å²) >= 11 is 0. The van der Waals surface area contributed by atoms with Crippen molar-refractivity contribution < 1.29 is 14.4 Å². The topological polar surface area (TPSA) is 103 Å². The second kappa shape index (κ2) is 7.52. The summed E-state index contributed by atoms with van der Waals surface area (Å²) in [4.78, 5) is 38.3. The van der Waals surface area contributed by atoms with Crippen molar-refractivity contribution in [2.24, 2.45) is 0 Å². The summed E-state index contributed by atoms with van der Waals surface area (Å²) < 4.78 is 0. The zero-order chi connectivity index (χ0) is 18.5. The molecule has 0 saturated heterocycles. The zero-order valence-electron chi connectivity index (χ0n) is 14.1. The molecule has 3 amide bonds. The second-order valence-electron chi connectivity index (χ2n) is 5.76. The first-order valence-corrected chi connectivity index (χ1v) is 8.05. The van der Waals surface area contributed by atoms with E-state index in [1.54, 1.807) is 30.5 Å². The van der Waals surface area contributed by atoms with Crippen LogP contribution in [0.4, 0.5) is 0 Å². The SMILES string of the molecule is CC(=O)NCc1ccc(C(=O)NNC(=O)c2c[nH]c3ccccc23)cc1. The molecular weight excluding hydrogens is 332 g/mol. The third-order valence-electron chi connectivity index (χ3n) is 3.88. The van der Waals surface area contributed by atoms with Crippen LogP contribution >= 0.6 is 0 Å². The largest absolute Gasteiger partial charge is 0.360 e. The highest BCUT2D eigenvalue weighted by molar-refractivity contribution is 6.07. The summed E-state index contributed by atoms with van der Waals surface area (Å²) in [5.74, 6) is -0.950. The van der Waals surface area contributed by atoms with Gasteiger partial charge in [-0.3, -0.25) is 25.2 Å². The summed E-state index contributed by atoms with van der Waals surface area (Å²) in [6.45, 7) is 1.84. The number of hydrogen-bond acceptors (Lipinski definition) is 3. The number of benzene rings is 2. The number of hydrogen-bond donors (Lipinski definition) is 4.